The van der Waals surface area contributed by atoms with Crippen molar-refractivity contribution in [2.75, 3.05) is 7.11 Å². The van der Waals surface area contributed by atoms with Crippen LogP contribution in [0.25, 0.3) is 0 Å². The molecule has 1 N–H and O–H groups in total. The Labute approximate surface area is 78.4 Å². The van der Waals surface area contributed by atoms with E-state index >= 15 is 0 Å². The van der Waals surface area contributed by atoms with Gasteiger partial charge in [-0.2, -0.15) is 0 Å². The smallest absolute Gasteiger partial charge is 0.216 e. The minimum Gasteiger partial charge on any atom is -0.481 e. The van der Waals surface area contributed by atoms with Gasteiger partial charge in [0.05, 0.1) is 13.2 Å². The minimum atomic E-state index is -0.273. The molecule has 3 heteroatoms. The summed E-state index contributed by atoms with van der Waals surface area (Å²) in [6.07, 6.45) is 2.96. The SMILES string of the molecule is COc1ncccc1CCC(C)O. The minimum absolute atomic E-state index is 0.273. The molecule has 0 bridgehead atoms. The lowest BCUT2D eigenvalue weighted by molar-refractivity contribution is 0.184. The van der Waals surface area contributed by atoms with Crippen molar-refractivity contribution < 1.29 is 9.84 Å². The van der Waals surface area contributed by atoms with E-state index in [1.807, 2.05) is 12.1 Å². The maximum Gasteiger partial charge on any atom is 0.216 e. The Morgan fingerprint density at radius 1 is 1.62 bits per heavy atom. The molecule has 1 atom stereocenters. The van der Waals surface area contributed by atoms with E-state index in [0.29, 0.717) is 5.88 Å². The van der Waals surface area contributed by atoms with Gasteiger partial charge in [0.2, 0.25) is 5.88 Å². The largest absolute Gasteiger partial charge is 0.481 e. The maximum absolute atomic E-state index is 9.12. The van der Waals surface area contributed by atoms with E-state index in [1.165, 1.54) is 0 Å². The van der Waals surface area contributed by atoms with Crippen LogP contribution in [0.4, 0.5) is 0 Å². The zero-order valence-electron chi connectivity index (χ0n) is 8.03. The third-order valence-electron chi connectivity index (χ3n) is 1.87. The third-order valence-corrected chi connectivity index (χ3v) is 1.87. The molecule has 0 aliphatic carbocycles. The molecular formula is C10H15NO2. The Morgan fingerprint density at radius 2 is 2.38 bits per heavy atom. The van der Waals surface area contributed by atoms with Crippen LogP contribution in [0, 0.1) is 0 Å². The van der Waals surface area contributed by atoms with E-state index in [9.17, 15) is 0 Å². The number of hydrogen-bond acceptors (Lipinski definition) is 3. The van der Waals surface area contributed by atoms with Gasteiger partial charge < -0.3 is 9.84 Å². The molecule has 72 valence electrons. The molecule has 0 radical (unpaired) electrons. The molecule has 1 heterocycles. The molecule has 13 heavy (non-hydrogen) atoms. The first kappa shape index (κ1) is 9.99. The number of hydrogen-bond donors (Lipinski definition) is 1. The van der Waals surface area contributed by atoms with Gasteiger partial charge in [0.15, 0.2) is 0 Å². The molecule has 0 amide bonds. The first-order valence-corrected chi connectivity index (χ1v) is 4.40. The Balaban J connectivity index is 2.64. The number of rotatable bonds is 4. The second-order valence-electron chi connectivity index (χ2n) is 3.06. The van der Waals surface area contributed by atoms with Gasteiger partial charge in [-0.25, -0.2) is 4.98 Å². The van der Waals surface area contributed by atoms with Gasteiger partial charge in [0.25, 0.3) is 0 Å². The van der Waals surface area contributed by atoms with Gasteiger partial charge in [-0.3, -0.25) is 0 Å². The fourth-order valence-corrected chi connectivity index (χ4v) is 1.16. The number of aromatic nitrogens is 1. The van der Waals surface area contributed by atoms with E-state index < -0.39 is 0 Å². The van der Waals surface area contributed by atoms with Crippen LogP contribution in [0.3, 0.4) is 0 Å². The van der Waals surface area contributed by atoms with Crippen LogP contribution >= 0.6 is 0 Å². The summed E-state index contributed by atoms with van der Waals surface area (Å²) < 4.78 is 5.08. The van der Waals surface area contributed by atoms with Crippen LogP contribution in [0.1, 0.15) is 18.9 Å². The van der Waals surface area contributed by atoms with Crippen LogP contribution in [0.15, 0.2) is 18.3 Å². The summed E-state index contributed by atoms with van der Waals surface area (Å²) in [5, 5.41) is 9.12. The van der Waals surface area contributed by atoms with Crippen molar-refractivity contribution in [2.45, 2.75) is 25.9 Å². The molecular weight excluding hydrogens is 166 g/mol. The van der Waals surface area contributed by atoms with E-state index in [1.54, 1.807) is 20.2 Å². The second kappa shape index (κ2) is 4.82. The standard InChI is InChI=1S/C10H15NO2/c1-8(12)5-6-9-4-3-7-11-10(9)13-2/h3-4,7-8,12H,5-6H2,1-2H3. The predicted octanol–water partition coefficient (Wildman–Crippen LogP) is 1.40. The van der Waals surface area contributed by atoms with Crippen molar-refractivity contribution in [3.63, 3.8) is 0 Å². The average Bonchev–Trinajstić information content (AvgIpc) is 2.15. The number of nitrogens with zero attached hydrogens (tertiary/aromatic N) is 1. The van der Waals surface area contributed by atoms with E-state index in [-0.39, 0.29) is 6.10 Å². The fourth-order valence-electron chi connectivity index (χ4n) is 1.16. The summed E-state index contributed by atoms with van der Waals surface area (Å²) in [7, 11) is 1.61. The maximum atomic E-state index is 9.12. The summed E-state index contributed by atoms with van der Waals surface area (Å²) >= 11 is 0. The summed E-state index contributed by atoms with van der Waals surface area (Å²) in [5.41, 5.74) is 1.05. The highest BCUT2D eigenvalue weighted by molar-refractivity contribution is 5.25. The molecule has 1 aromatic rings. The van der Waals surface area contributed by atoms with Crippen molar-refractivity contribution >= 4 is 0 Å². The zero-order chi connectivity index (χ0) is 9.68. The van der Waals surface area contributed by atoms with Gasteiger partial charge in [0, 0.05) is 11.8 Å². The highest BCUT2D eigenvalue weighted by atomic mass is 16.5. The van der Waals surface area contributed by atoms with Gasteiger partial charge in [-0.15, -0.1) is 0 Å². The topological polar surface area (TPSA) is 42.4 Å². The lowest BCUT2D eigenvalue weighted by Gasteiger charge is -2.07. The van der Waals surface area contributed by atoms with Crippen molar-refractivity contribution in [3.05, 3.63) is 23.9 Å². The normalized spacial score (nSPS) is 12.5. The summed E-state index contributed by atoms with van der Waals surface area (Å²) in [6, 6.07) is 3.84. The van der Waals surface area contributed by atoms with Crippen LogP contribution in [-0.4, -0.2) is 23.3 Å². The van der Waals surface area contributed by atoms with E-state index in [4.69, 9.17) is 9.84 Å². The highest BCUT2D eigenvalue weighted by Crippen LogP contribution is 2.15. The van der Waals surface area contributed by atoms with E-state index in [2.05, 4.69) is 4.98 Å². The first-order chi connectivity index (χ1) is 6.24. The number of aliphatic hydroxyl groups is 1. The fraction of sp³-hybridized carbons (Fsp3) is 0.500. The van der Waals surface area contributed by atoms with Gasteiger partial charge >= 0.3 is 0 Å². The lowest BCUT2D eigenvalue weighted by atomic mass is 10.1. The van der Waals surface area contributed by atoms with Crippen LogP contribution in [-0.2, 0) is 6.42 Å². The highest BCUT2D eigenvalue weighted by Gasteiger charge is 2.04. The number of aryl methyl sites for hydroxylation is 1. The summed E-state index contributed by atoms with van der Waals surface area (Å²) in [5.74, 6) is 0.656. The number of aliphatic hydroxyl groups excluding tert-OH is 1. The second-order valence-corrected chi connectivity index (χ2v) is 3.06. The molecule has 0 fully saturated rings. The van der Waals surface area contributed by atoms with Crippen molar-refractivity contribution in [3.8, 4) is 5.88 Å². The average molecular weight is 181 g/mol. The van der Waals surface area contributed by atoms with Crippen molar-refractivity contribution in [1.29, 1.82) is 0 Å². The Kier molecular flexibility index (Phi) is 3.71. The Bertz CT molecular complexity index is 261. The molecule has 0 saturated carbocycles. The molecule has 1 unspecified atom stereocenters. The third kappa shape index (κ3) is 3.03. The van der Waals surface area contributed by atoms with Gasteiger partial charge in [-0.1, -0.05) is 6.07 Å². The van der Waals surface area contributed by atoms with Crippen LogP contribution < -0.4 is 4.74 Å². The van der Waals surface area contributed by atoms with Gasteiger partial charge in [-0.05, 0) is 25.8 Å². The molecule has 0 aromatic carbocycles. The zero-order valence-corrected chi connectivity index (χ0v) is 8.03. The molecule has 0 spiro atoms. The molecule has 1 aromatic heterocycles. The molecule has 1 rings (SSSR count). The molecule has 3 nitrogen and oxygen atoms in total. The van der Waals surface area contributed by atoms with E-state index in [0.717, 1.165) is 18.4 Å². The number of methoxy groups -OCH3 is 1. The van der Waals surface area contributed by atoms with Crippen LogP contribution in [0.5, 0.6) is 5.88 Å². The Morgan fingerprint density at radius 3 is 3.00 bits per heavy atom. The number of pyridine rings is 1. The quantitative estimate of drug-likeness (QED) is 0.763. The number of ether oxygens (including phenoxy) is 1. The predicted molar refractivity (Wildman–Crippen MR) is 50.8 cm³/mol. The molecule has 0 aliphatic rings. The summed E-state index contributed by atoms with van der Waals surface area (Å²) in [4.78, 5) is 4.07. The van der Waals surface area contributed by atoms with Crippen molar-refractivity contribution in [1.82, 2.24) is 4.98 Å². The molecule has 0 aliphatic heterocycles. The summed E-state index contributed by atoms with van der Waals surface area (Å²) in [6.45, 7) is 1.78. The monoisotopic (exact) mass is 181 g/mol. The lowest BCUT2D eigenvalue weighted by Crippen LogP contribution is -2.03. The Hall–Kier alpha value is -1.09. The van der Waals surface area contributed by atoms with Crippen LogP contribution in [0.2, 0.25) is 0 Å². The first-order valence-electron chi connectivity index (χ1n) is 4.40. The van der Waals surface area contributed by atoms with Gasteiger partial charge in [0.1, 0.15) is 0 Å². The molecule has 0 saturated heterocycles. The van der Waals surface area contributed by atoms with Crippen molar-refractivity contribution in [2.24, 2.45) is 0 Å².